The molecule has 4 rings (SSSR count). The lowest BCUT2D eigenvalue weighted by atomic mass is 10.2. The molecule has 27 heavy (non-hydrogen) atoms. The van der Waals surface area contributed by atoms with E-state index in [1.165, 1.54) is 0 Å². The Morgan fingerprint density at radius 1 is 1.19 bits per heavy atom. The molecular formula is C18H18N8O. The van der Waals surface area contributed by atoms with Gasteiger partial charge in [-0.3, -0.25) is 14.5 Å². The highest BCUT2D eigenvalue weighted by molar-refractivity contribution is 5.90. The first-order valence-electron chi connectivity index (χ1n) is 8.43. The van der Waals surface area contributed by atoms with Crippen LogP contribution in [0.3, 0.4) is 0 Å². The van der Waals surface area contributed by atoms with Gasteiger partial charge >= 0.3 is 0 Å². The number of carbonyl (C=O) groups excluding carboxylic acids is 1. The van der Waals surface area contributed by atoms with Crippen LogP contribution in [0.1, 0.15) is 27.6 Å². The maximum atomic E-state index is 12.4. The maximum Gasteiger partial charge on any atom is 0.291 e. The van der Waals surface area contributed by atoms with Crippen LogP contribution in [-0.2, 0) is 13.6 Å². The summed E-state index contributed by atoms with van der Waals surface area (Å²) in [6, 6.07) is 5.71. The van der Waals surface area contributed by atoms with Crippen LogP contribution in [0.2, 0.25) is 0 Å². The number of carbonyl (C=O) groups is 1. The lowest BCUT2D eigenvalue weighted by molar-refractivity contribution is 0.0940. The minimum atomic E-state index is -0.353. The molecule has 0 fully saturated rings. The van der Waals surface area contributed by atoms with Crippen molar-refractivity contribution in [2.75, 3.05) is 0 Å². The first-order chi connectivity index (χ1) is 13.0. The summed E-state index contributed by atoms with van der Waals surface area (Å²) in [6.07, 6.45) is 5.39. The number of rotatable bonds is 4. The highest BCUT2D eigenvalue weighted by Crippen LogP contribution is 2.15. The van der Waals surface area contributed by atoms with Crippen molar-refractivity contribution >= 4 is 11.7 Å². The number of aromatic nitrogens is 7. The lowest BCUT2D eigenvalue weighted by Gasteiger charge is -2.03. The minimum Gasteiger partial charge on any atom is -0.345 e. The highest BCUT2D eigenvalue weighted by Gasteiger charge is 2.14. The molecule has 0 aliphatic rings. The van der Waals surface area contributed by atoms with Gasteiger partial charge < -0.3 is 5.32 Å². The van der Waals surface area contributed by atoms with Crippen LogP contribution in [0.4, 0.5) is 0 Å². The fraction of sp³-hybridized carbons (Fsp3) is 0.222. The van der Waals surface area contributed by atoms with E-state index in [1.807, 2.05) is 45.3 Å². The van der Waals surface area contributed by atoms with Crippen LogP contribution in [0, 0.1) is 13.8 Å². The van der Waals surface area contributed by atoms with Gasteiger partial charge in [0, 0.05) is 42.9 Å². The second-order valence-corrected chi connectivity index (χ2v) is 6.32. The smallest absolute Gasteiger partial charge is 0.291 e. The predicted molar refractivity (Wildman–Crippen MR) is 97.9 cm³/mol. The predicted octanol–water partition coefficient (Wildman–Crippen LogP) is 1.47. The molecule has 4 aromatic heterocycles. The molecule has 0 aliphatic heterocycles. The SMILES string of the molecule is Cc1cc(C)n2nc(C(=O)NCc3ccc(-c4cnn(C)c4)nc3)nc2n1. The third-order valence-electron chi connectivity index (χ3n) is 4.10. The van der Waals surface area contributed by atoms with E-state index < -0.39 is 0 Å². The van der Waals surface area contributed by atoms with Gasteiger partial charge in [-0.05, 0) is 31.5 Å². The standard InChI is InChI=1S/C18H18N8O/c1-11-6-12(2)26-18(22-11)23-16(24-26)17(27)20-8-13-4-5-15(19-7-13)14-9-21-25(3)10-14/h4-7,9-10H,8H2,1-3H3,(H,20,27). The van der Waals surface area contributed by atoms with Crippen molar-refractivity contribution in [2.24, 2.45) is 7.05 Å². The molecule has 4 heterocycles. The Balaban J connectivity index is 1.45. The molecule has 0 saturated heterocycles. The molecule has 0 unspecified atom stereocenters. The molecule has 0 radical (unpaired) electrons. The van der Waals surface area contributed by atoms with Crippen molar-refractivity contribution in [3.8, 4) is 11.3 Å². The van der Waals surface area contributed by atoms with E-state index in [9.17, 15) is 4.79 Å². The van der Waals surface area contributed by atoms with Crippen LogP contribution < -0.4 is 5.32 Å². The van der Waals surface area contributed by atoms with Crippen molar-refractivity contribution in [1.82, 2.24) is 39.7 Å². The highest BCUT2D eigenvalue weighted by atomic mass is 16.2. The summed E-state index contributed by atoms with van der Waals surface area (Å²) >= 11 is 0. The van der Waals surface area contributed by atoms with Gasteiger partial charge in [-0.15, -0.1) is 5.10 Å². The van der Waals surface area contributed by atoms with Crippen molar-refractivity contribution < 1.29 is 4.79 Å². The van der Waals surface area contributed by atoms with Gasteiger partial charge in [0.25, 0.3) is 11.7 Å². The van der Waals surface area contributed by atoms with Crippen molar-refractivity contribution in [2.45, 2.75) is 20.4 Å². The largest absolute Gasteiger partial charge is 0.345 e. The Labute approximate surface area is 155 Å². The average molecular weight is 362 g/mol. The second-order valence-electron chi connectivity index (χ2n) is 6.32. The Kier molecular flexibility index (Phi) is 4.11. The normalized spacial score (nSPS) is 11.1. The molecule has 0 atom stereocenters. The van der Waals surface area contributed by atoms with Crippen LogP contribution in [0.5, 0.6) is 0 Å². The number of nitrogens with zero attached hydrogens (tertiary/aromatic N) is 7. The summed E-state index contributed by atoms with van der Waals surface area (Å²) in [5.74, 6) is 0.158. The molecule has 1 N–H and O–H groups in total. The van der Waals surface area contributed by atoms with Crippen LogP contribution in [-0.4, -0.2) is 40.3 Å². The van der Waals surface area contributed by atoms with Gasteiger partial charge in [-0.25, -0.2) is 9.50 Å². The molecule has 9 nitrogen and oxygen atoms in total. The molecule has 9 heteroatoms. The number of aryl methyl sites for hydroxylation is 3. The Bertz CT molecular complexity index is 1130. The van der Waals surface area contributed by atoms with E-state index in [0.717, 1.165) is 28.2 Å². The molecular weight excluding hydrogens is 344 g/mol. The fourth-order valence-corrected chi connectivity index (χ4v) is 2.78. The Morgan fingerprint density at radius 2 is 2.04 bits per heavy atom. The monoisotopic (exact) mass is 362 g/mol. The maximum absolute atomic E-state index is 12.4. The van der Waals surface area contributed by atoms with E-state index in [2.05, 4.69) is 30.5 Å². The molecule has 4 aromatic rings. The fourth-order valence-electron chi connectivity index (χ4n) is 2.78. The molecule has 136 valence electrons. The van der Waals surface area contributed by atoms with Gasteiger partial charge in [0.1, 0.15) is 0 Å². The zero-order valence-electron chi connectivity index (χ0n) is 15.2. The summed E-state index contributed by atoms with van der Waals surface area (Å²) < 4.78 is 3.29. The summed E-state index contributed by atoms with van der Waals surface area (Å²) in [7, 11) is 1.86. The number of pyridine rings is 1. The average Bonchev–Trinajstić information content (AvgIpc) is 3.26. The van der Waals surface area contributed by atoms with Gasteiger partial charge in [0.15, 0.2) is 0 Å². The van der Waals surface area contributed by atoms with E-state index in [0.29, 0.717) is 12.3 Å². The second kappa shape index (κ2) is 6.60. The molecule has 1 amide bonds. The number of nitrogens with one attached hydrogen (secondary N) is 1. The zero-order chi connectivity index (χ0) is 19.0. The van der Waals surface area contributed by atoms with Crippen molar-refractivity contribution in [1.29, 1.82) is 0 Å². The summed E-state index contributed by atoms with van der Waals surface area (Å²) in [4.78, 5) is 25.3. The van der Waals surface area contributed by atoms with E-state index in [-0.39, 0.29) is 11.7 Å². The summed E-state index contributed by atoms with van der Waals surface area (Å²) in [5, 5.41) is 11.2. The molecule has 0 spiro atoms. The Morgan fingerprint density at radius 3 is 2.74 bits per heavy atom. The van der Waals surface area contributed by atoms with Crippen LogP contribution >= 0.6 is 0 Å². The van der Waals surface area contributed by atoms with Crippen molar-refractivity contribution in [3.05, 3.63) is 59.6 Å². The Hall–Kier alpha value is -3.62. The first kappa shape index (κ1) is 16.8. The molecule has 0 aromatic carbocycles. The minimum absolute atomic E-state index is 0.0936. The molecule has 0 saturated carbocycles. The third-order valence-corrected chi connectivity index (χ3v) is 4.10. The van der Waals surface area contributed by atoms with Crippen LogP contribution in [0.15, 0.2) is 36.8 Å². The van der Waals surface area contributed by atoms with E-state index in [1.54, 1.807) is 21.6 Å². The van der Waals surface area contributed by atoms with Gasteiger partial charge in [0.2, 0.25) is 5.82 Å². The topological polar surface area (TPSA) is 103 Å². The summed E-state index contributed by atoms with van der Waals surface area (Å²) in [6.45, 7) is 4.11. The van der Waals surface area contributed by atoms with Gasteiger partial charge in [0.05, 0.1) is 11.9 Å². The van der Waals surface area contributed by atoms with Gasteiger partial charge in [-0.1, -0.05) is 6.07 Å². The van der Waals surface area contributed by atoms with Crippen LogP contribution in [0.25, 0.3) is 17.0 Å². The number of fused-ring (bicyclic) bond motifs is 1. The number of hydrogen-bond donors (Lipinski definition) is 1. The first-order valence-corrected chi connectivity index (χ1v) is 8.43. The zero-order valence-corrected chi connectivity index (χ0v) is 15.2. The number of hydrogen-bond acceptors (Lipinski definition) is 6. The van der Waals surface area contributed by atoms with E-state index >= 15 is 0 Å². The molecule has 0 aliphatic carbocycles. The summed E-state index contributed by atoms with van der Waals surface area (Å²) in [5.41, 5.74) is 4.36. The number of amides is 1. The quantitative estimate of drug-likeness (QED) is 0.590. The van der Waals surface area contributed by atoms with Gasteiger partial charge in [-0.2, -0.15) is 10.1 Å². The van der Waals surface area contributed by atoms with E-state index in [4.69, 9.17) is 0 Å². The van der Waals surface area contributed by atoms with Crippen molar-refractivity contribution in [3.63, 3.8) is 0 Å². The molecule has 0 bridgehead atoms. The lowest BCUT2D eigenvalue weighted by Crippen LogP contribution is -2.24. The third kappa shape index (κ3) is 3.39.